The predicted molar refractivity (Wildman–Crippen MR) is 76.1 cm³/mol. The third-order valence-electron chi connectivity index (χ3n) is 2.42. The van der Waals surface area contributed by atoms with Gasteiger partial charge in [-0.2, -0.15) is 11.8 Å². The molecule has 0 radical (unpaired) electrons. The SMILES string of the molecule is CCSCC(C)Nc1cccc(C(=O)O)c1[N+](=O)[O-]. The highest BCUT2D eigenvalue weighted by atomic mass is 32.2. The van der Waals surface area contributed by atoms with Crippen molar-refractivity contribution in [1.82, 2.24) is 0 Å². The van der Waals surface area contributed by atoms with E-state index in [0.717, 1.165) is 11.5 Å². The quantitative estimate of drug-likeness (QED) is 0.591. The molecule has 0 saturated carbocycles. The molecule has 1 aromatic rings. The van der Waals surface area contributed by atoms with Crippen molar-refractivity contribution in [3.05, 3.63) is 33.9 Å². The summed E-state index contributed by atoms with van der Waals surface area (Å²) in [5, 5.41) is 23.0. The van der Waals surface area contributed by atoms with E-state index in [4.69, 9.17) is 5.11 Å². The van der Waals surface area contributed by atoms with E-state index in [9.17, 15) is 14.9 Å². The number of carbonyl (C=O) groups is 1. The maximum atomic E-state index is 11.0. The highest BCUT2D eigenvalue weighted by Crippen LogP contribution is 2.29. The number of nitro groups is 1. The Kier molecular flexibility index (Phi) is 5.62. The van der Waals surface area contributed by atoms with Crippen molar-refractivity contribution in [2.75, 3.05) is 16.8 Å². The van der Waals surface area contributed by atoms with Crippen LogP contribution in [-0.4, -0.2) is 33.5 Å². The number of benzene rings is 1. The molecule has 1 atom stereocenters. The molecule has 1 rings (SSSR count). The third-order valence-corrected chi connectivity index (χ3v) is 3.57. The molecule has 0 aliphatic rings. The van der Waals surface area contributed by atoms with E-state index < -0.39 is 10.9 Å². The van der Waals surface area contributed by atoms with E-state index in [1.54, 1.807) is 11.8 Å². The molecule has 0 aliphatic heterocycles. The van der Waals surface area contributed by atoms with Crippen LogP contribution in [0.15, 0.2) is 18.2 Å². The van der Waals surface area contributed by atoms with Crippen LogP contribution in [0.2, 0.25) is 0 Å². The molecule has 0 aromatic heterocycles. The third kappa shape index (κ3) is 4.13. The van der Waals surface area contributed by atoms with Crippen LogP contribution in [0.5, 0.6) is 0 Å². The number of para-hydroxylation sites is 1. The molecular weight excluding hydrogens is 268 g/mol. The molecule has 0 bridgehead atoms. The fourth-order valence-electron chi connectivity index (χ4n) is 1.63. The highest BCUT2D eigenvalue weighted by Gasteiger charge is 2.24. The number of carboxylic acids is 1. The van der Waals surface area contributed by atoms with E-state index in [2.05, 4.69) is 5.32 Å². The normalized spacial score (nSPS) is 11.9. The Morgan fingerprint density at radius 2 is 2.26 bits per heavy atom. The van der Waals surface area contributed by atoms with Gasteiger partial charge in [-0.1, -0.05) is 13.0 Å². The molecule has 0 saturated heterocycles. The molecule has 1 unspecified atom stereocenters. The first-order chi connectivity index (χ1) is 8.97. The molecule has 1 aromatic carbocycles. The number of anilines is 1. The molecule has 0 amide bonds. The van der Waals surface area contributed by atoms with Crippen LogP contribution in [-0.2, 0) is 0 Å². The van der Waals surface area contributed by atoms with Crippen LogP contribution in [0.25, 0.3) is 0 Å². The first-order valence-electron chi connectivity index (χ1n) is 5.82. The number of thioether (sulfide) groups is 1. The van der Waals surface area contributed by atoms with E-state index in [-0.39, 0.29) is 23.0 Å². The van der Waals surface area contributed by atoms with Gasteiger partial charge < -0.3 is 10.4 Å². The van der Waals surface area contributed by atoms with Crippen molar-refractivity contribution in [2.45, 2.75) is 19.9 Å². The molecule has 0 aliphatic carbocycles. The second-order valence-corrected chi connectivity index (χ2v) is 5.29. The largest absolute Gasteiger partial charge is 0.477 e. The second-order valence-electron chi connectivity index (χ2n) is 3.97. The maximum Gasteiger partial charge on any atom is 0.342 e. The molecule has 6 nitrogen and oxygen atoms in total. The zero-order chi connectivity index (χ0) is 14.4. The first kappa shape index (κ1) is 15.3. The number of carboxylic acid groups (broad SMARTS) is 1. The summed E-state index contributed by atoms with van der Waals surface area (Å²) in [5.41, 5.74) is -0.442. The zero-order valence-corrected chi connectivity index (χ0v) is 11.6. The summed E-state index contributed by atoms with van der Waals surface area (Å²) in [6.45, 7) is 3.94. The van der Waals surface area contributed by atoms with E-state index >= 15 is 0 Å². The number of nitro benzene ring substituents is 1. The molecule has 2 N–H and O–H groups in total. The standard InChI is InChI=1S/C12H16N2O4S/c1-3-19-7-8(2)13-10-6-4-5-9(12(15)16)11(10)14(17)18/h4-6,8,13H,3,7H2,1-2H3,(H,15,16). The zero-order valence-electron chi connectivity index (χ0n) is 10.8. The maximum absolute atomic E-state index is 11.0. The summed E-state index contributed by atoms with van der Waals surface area (Å²) >= 11 is 1.71. The molecular formula is C12H16N2O4S. The molecule has 104 valence electrons. The van der Waals surface area contributed by atoms with Gasteiger partial charge in [0.15, 0.2) is 0 Å². The van der Waals surface area contributed by atoms with Crippen molar-refractivity contribution in [3.63, 3.8) is 0 Å². The van der Waals surface area contributed by atoms with Gasteiger partial charge in [0.1, 0.15) is 11.3 Å². The number of aromatic carboxylic acids is 1. The predicted octanol–water partition coefficient (Wildman–Crippen LogP) is 2.85. The average molecular weight is 284 g/mol. The minimum atomic E-state index is -1.30. The van der Waals surface area contributed by atoms with Crippen LogP contribution < -0.4 is 5.32 Å². The van der Waals surface area contributed by atoms with Crippen LogP contribution in [0.3, 0.4) is 0 Å². The number of rotatable bonds is 7. The number of nitrogens with zero attached hydrogens (tertiary/aromatic N) is 1. The number of nitrogens with one attached hydrogen (secondary N) is 1. The average Bonchev–Trinajstić information content (AvgIpc) is 2.35. The lowest BCUT2D eigenvalue weighted by molar-refractivity contribution is -0.384. The van der Waals surface area contributed by atoms with Crippen LogP contribution >= 0.6 is 11.8 Å². The van der Waals surface area contributed by atoms with Gasteiger partial charge in [-0.3, -0.25) is 10.1 Å². The fourth-order valence-corrected chi connectivity index (χ4v) is 2.30. The second kappa shape index (κ2) is 6.98. The van der Waals surface area contributed by atoms with Gasteiger partial charge in [0, 0.05) is 11.8 Å². The number of hydrogen-bond donors (Lipinski definition) is 2. The van der Waals surface area contributed by atoms with Crippen LogP contribution in [0.1, 0.15) is 24.2 Å². The summed E-state index contributed by atoms with van der Waals surface area (Å²) in [4.78, 5) is 21.4. The van der Waals surface area contributed by atoms with Gasteiger partial charge in [0.25, 0.3) is 0 Å². The van der Waals surface area contributed by atoms with Gasteiger partial charge in [0.2, 0.25) is 0 Å². The molecule has 7 heteroatoms. The van der Waals surface area contributed by atoms with Gasteiger partial charge in [-0.05, 0) is 24.8 Å². The minimum absolute atomic E-state index is 0.0210. The first-order valence-corrected chi connectivity index (χ1v) is 6.97. The van der Waals surface area contributed by atoms with Crippen molar-refractivity contribution in [3.8, 4) is 0 Å². The summed E-state index contributed by atoms with van der Waals surface area (Å²) in [7, 11) is 0. The van der Waals surface area contributed by atoms with Crippen LogP contribution in [0, 0.1) is 10.1 Å². The Morgan fingerprint density at radius 3 is 2.79 bits per heavy atom. The molecule has 0 fully saturated rings. The molecule has 0 spiro atoms. The summed E-state index contributed by atoms with van der Waals surface area (Å²) in [5.74, 6) is 0.458. The minimum Gasteiger partial charge on any atom is -0.477 e. The van der Waals surface area contributed by atoms with E-state index in [1.165, 1.54) is 18.2 Å². The van der Waals surface area contributed by atoms with E-state index in [1.807, 2.05) is 13.8 Å². The smallest absolute Gasteiger partial charge is 0.342 e. The van der Waals surface area contributed by atoms with Crippen LogP contribution in [0.4, 0.5) is 11.4 Å². The summed E-state index contributed by atoms with van der Waals surface area (Å²) in [6.07, 6.45) is 0. The van der Waals surface area contributed by atoms with Gasteiger partial charge in [-0.25, -0.2) is 4.79 Å². The van der Waals surface area contributed by atoms with Crippen molar-refractivity contribution in [2.24, 2.45) is 0 Å². The van der Waals surface area contributed by atoms with Crippen molar-refractivity contribution < 1.29 is 14.8 Å². The van der Waals surface area contributed by atoms with Gasteiger partial charge >= 0.3 is 11.7 Å². The Balaban J connectivity index is 3.03. The number of hydrogen-bond acceptors (Lipinski definition) is 5. The van der Waals surface area contributed by atoms with Gasteiger partial charge in [0.05, 0.1) is 4.92 Å². The Hall–Kier alpha value is -1.76. The van der Waals surface area contributed by atoms with E-state index in [0.29, 0.717) is 0 Å². The summed E-state index contributed by atoms with van der Waals surface area (Å²) < 4.78 is 0. The Morgan fingerprint density at radius 1 is 1.58 bits per heavy atom. The lowest BCUT2D eigenvalue weighted by Crippen LogP contribution is -2.19. The monoisotopic (exact) mass is 284 g/mol. The van der Waals surface area contributed by atoms with Crippen molar-refractivity contribution >= 4 is 29.1 Å². The Bertz CT molecular complexity index is 479. The lowest BCUT2D eigenvalue weighted by atomic mass is 10.1. The topological polar surface area (TPSA) is 92.5 Å². The molecule has 0 heterocycles. The lowest BCUT2D eigenvalue weighted by Gasteiger charge is -2.15. The Labute approximate surface area is 115 Å². The van der Waals surface area contributed by atoms with Crippen molar-refractivity contribution in [1.29, 1.82) is 0 Å². The molecule has 19 heavy (non-hydrogen) atoms. The summed E-state index contributed by atoms with van der Waals surface area (Å²) in [6, 6.07) is 4.28. The highest BCUT2D eigenvalue weighted by molar-refractivity contribution is 7.99. The van der Waals surface area contributed by atoms with Gasteiger partial charge in [-0.15, -0.1) is 0 Å². The fraction of sp³-hybridized carbons (Fsp3) is 0.417.